The van der Waals surface area contributed by atoms with Gasteiger partial charge >= 0.3 is 0 Å². The Hall–Kier alpha value is -2.38. The van der Waals surface area contributed by atoms with Gasteiger partial charge in [-0.1, -0.05) is 11.6 Å². The molecule has 2 aromatic carbocycles. The molecule has 0 spiro atoms. The van der Waals surface area contributed by atoms with Gasteiger partial charge in [0.05, 0.1) is 19.0 Å². The quantitative estimate of drug-likeness (QED) is 0.504. The number of hydrogen-bond acceptors (Lipinski definition) is 5. The molecule has 0 saturated heterocycles. The lowest BCUT2D eigenvalue weighted by molar-refractivity contribution is -0.119. The second-order valence-electron chi connectivity index (χ2n) is 6.63. The molecule has 0 heterocycles. The Morgan fingerprint density at radius 1 is 1.07 bits per heavy atom. The SMILES string of the molecule is COc1cc(C(=O)NNC(=O)CSc2ccc(Cl)cc2)ccc1OC1CCCC1. The van der Waals surface area contributed by atoms with Gasteiger partial charge in [0.1, 0.15) is 0 Å². The van der Waals surface area contributed by atoms with E-state index in [0.717, 1.165) is 17.7 Å². The van der Waals surface area contributed by atoms with E-state index in [1.807, 2.05) is 12.1 Å². The number of nitrogens with one attached hydrogen (secondary N) is 2. The lowest BCUT2D eigenvalue weighted by Crippen LogP contribution is -2.42. The Morgan fingerprint density at radius 3 is 2.48 bits per heavy atom. The minimum atomic E-state index is -0.430. The van der Waals surface area contributed by atoms with E-state index in [-0.39, 0.29) is 17.8 Å². The molecule has 6 nitrogen and oxygen atoms in total. The van der Waals surface area contributed by atoms with E-state index in [1.165, 1.54) is 31.7 Å². The van der Waals surface area contributed by atoms with Crippen molar-refractivity contribution < 1.29 is 19.1 Å². The maximum Gasteiger partial charge on any atom is 0.269 e. The summed E-state index contributed by atoms with van der Waals surface area (Å²) in [5.41, 5.74) is 5.20. The van der Waals surface area contributed by atoms with Crippen molar-refractivity contribution in [3.63, 3.8) is 0 Å². The second-order valence-corrected chi connectivity index (χ2v) is 8.12. The molecule has 2 N–H and O–H groups in total. The average Bonchev–Trinajstić information content (AvgIpc) is 3.25. The summed E-state index contributed by atoms with van der Waals surface area (Å²) in [6, 6.07) is 12.2. The van der Waals surface area contributed by atoms with Crippen LogP contribution in [0.4, 0.5) is 0 Å². The molecular formula is C21H23ClN2O4S. The summed E-state index contributed by atoms with van der Waals surface area (Å²) in [5, 5.41) is 0.640. The molecule has 29 heavy (non-hydrogen) atoms. The topological polar surface area (TPSA) is 76.7 Å². The van der Waals surface area contributed by atoms with E-state index >= 15 is 0 Å². The third kappa shape index (κ3) is 6.30. The Balaban J connectivity index is 1.50. The van der Waals surface area contributed by atoms with Crippen LogP contribution in [0.5, 0.6) is 11.5 Å². The van der Waals surface area contributed by atoms with Crippen LogP contribution in [0.25, 0.3) is 0 Å². The maximum absolute atomic E-state index is 12.3. The molecule has 0 unspecified atom stereocenters. The molecule has 8 heteroatoms. The van der Waals surface area contributed by atoms with Crippen molar-refractivity contribution >= 4 is 35.2 Å². The number of benzene rings is 2. The number of hydrogen-bond donors (Lipinski definition) is 2. The number of carbonyl (C=O) groups is 2. The van der Waals surface area contributed by atoms with Crippen LogP contribution in [0.1, 0.15) is 36.0 Å². The lowest BCUT2D eigenvalue weighted by Gasteiger charge is -2.16. The third-order valence-electron chi connectivity index (χ3n) is 4.52. The van der Waals surface area contributed by atoms with E-state index < -0.39 is 5.91 Å². The monoisotopic (exact) mass is 434 g/mol. The van der Waals surface area contributed by atoms with Gasteiger partial charge < -0.3 is 9.47 Å². The first-order valence-corrected chi connectivity index (χ1v) is 10.7. The van der Waals surface area contributed by atoms with E-state index in [4.69, 9.17) is 21.1 Å². The molecule has 0 aromatic heterocycles. The highest BCUT2D eigenvalue weighted by molar-refractivity contribution is 8.00. The molecule has 2 aromatic rings. The van der Waals surface area contributed by atoms with Gasteiger partial charge in [0, 0.05) is 15.5 Å². The van der Waals surface area contributed by atoms with Crippen LogP contribution in [-0.4, -0.2) is 30.8 Å². The first-order valence-electron chi connectivity index (χ1n) is 9.37. The molecule has 0 atom stereocenters. The molecule has 0 bridgehead atoms. The van der Waals surface area contributed by atoms with Gasteiger partial charge in [0.15, 0.2) is 11.5 Å². The van der Waals surface area contributed by atoms with E-state index in [9.17, 15) is 9.59 Å². The zero-order valence-corrected chi connectivity index (χ0v) is 17.6. The molecule has 3 rings (SSSR count). The predicted molar refractivity (Wildman–Crippen MR) is 114 cm³/mol. The summed E-state index contributed by atoms with van der Waals surface area (Å²) in [6.45, 7) is 0. The zero-order chi connectivity index (χ0) is 20.6. The summed E-state index contributed by atoms with van der Waals surface area (Å²) >= 11 is 7.19. The summed E-state index contributed by atoms with van der Waals surface area (Å²) in [5.74, 6) is 0.542. The molecule has 154 valence electrons. The Morgan fingerprint density at radius 2 is 1.79 bits per heavy atom. The largest absolute Gasteiger partial charge is 0.493 e. The highest BCUT2D eigenvalue weighted by atomic mass is 35.5. The number of amides is 2. The summed E-state index contributed by atoms with van der Waals surface area (Å²) < 4.78 is 11.3. The normalized spacial score (nSPS) is 13.7. The third-order valence-corrected chi connectivity index (χ3v) is 5.78. The van der Waals surface area contributed by atoms with Crippen molar-refractivity contribution in [2.24, 2.45) is 0 Å². The summed E-state index contributed by atoms with van der Waals surface area (Å²) in [4.78, 5) is 25.2. The number of ether oxygens (including phenoxy) is 2. The fraction of sp³-hybridized carbons (Fsp3) is 0.333. The van der Waals surface area contributed by atoms with Crippen molar-refractivity contribution in [1.29, 1.82) is 0 Å². The van der Waals surface area contributed by atoms with E-state index in [2.05, 4.69) is 10.9 Å². The van der Waals surface area contributed by atoms with E-state index in [1.54, 1.807) is 30.3 Å². The number of halogens is 1. The van der Waals surface area contributed by atoms with Gasteiger partial charge in [-0.3, -0.25) is 20.4 Å². The minimum Gasteiger partial charge on any atom is -0.493 e. The van der Waals surface area contributed by atoms with Crippen molar-refractivity contribution in [1.82, 2.24) is 10.9 Å². The van der Waals surface area contributed by atoms with Gasteiger partial charge in [-0.2, -0.15) is 0 Å². The molecule has 1 fully saturated rings. The molecular weight excluding hydrogens is 412 g/mol. The Labute approximate surface area is 179 Å². The van der Waals surface area contributed by atoms with Crippen LogP contribution in [0.2, 0.25) is 5.02 Å². The van der Waals surface area contributed by atoms with Crippen molar-refractivity contribution in [3.8, 4) is 11.5 Å². The first kappa shape index (κ1) is 21.3. The molecule has 1 aliphatic carbocycles. The molecule has 2 amide bonds. The molecule has 1 aliphatic rings. The van der Waals surface area contributed by atoms with Crippen molar-refractivity contribution in [3.05, 3.63) is 53.1 Å². The Bertz CT molecular complexity index is 854. The number of methoxy groups -OCH3 is 1. The van der Waals surface area contributed by atoms with Gasteiger partial charge in [-0.15, -0.1) is 11.8 Å². The zero-order valence-electron chi connectivity index (χ0n) is 16.1. The Kier molecular flexibility index (Phi) is 7.66. The van der Waals surface area contributed by atoms with E-state index in [0.29, 0.717) is 22.1 Å². The van der Waals surface area contributed by atoms with Crippen LogP contribution >= 0.6 is 23.4 Å². The number of carbonyl (C=O) groups excluding carboxylic acids is 2. The fourth-order valence-electron chi connectivity index (χ4n) is 3.01. The highest BCUT2D eigenvalue weighted by Crippen LogP contribution is 2.32. The maximum atomic E-state index is 12.3. The standard InChI is InChI=1S/C21H23ClN2O4S/c1-27-19-12-14(6-11-18(19)28-16-4-2-3-5-16)21(26)24-23-20(25)13-29-17-9-7-15(22)8-10-17/h6-12,16H,2-5,13H2,1H3,(H,23,25)(H,24,26). The average molecular weight is 435 g/mol. The van der Waals surface area contributed by atoms with Gasteiger partial charge in [-0.25, -0.2) is 0 Å². The van der Waals surface area contributed by atoms with Crippen molar-refractivity contribution in [2.75, 3.05) is 12.9 Å². The molecule has 1 saturated carbocycles. The van der Waals surface area contributed by atoms with Crippen LogP contribution < -0.4 is 20.3 Å². The van der Waals surface area contributed by atoms with Gasteiger partial charge in [0.2, 0.25) is 5.91 Å². The number of hydrazine groups is 1. The summed E-state index contributed by atoms with van der Waals surface area (Å²) in [6.07, 6.45) is 4.60. The van der Waals surface area contributed by atoms with Crippen LogP contribution in [0.3, 0.4) is 0 Å². The van der Waals surface area contributed by atoms with Gasteiger partial charge in [0.25, 0.3) is 5.91 Å². The second kappa shape index (κ2) is 10.4. The van der Waals surface area contributed by atoms with Gasteiger partial charge in [-0.05, 0) is 68.1 Å². The van der Waals surface area contributed by atoms with Crippen LogP contribution in [-0.2, 0) is 4.79 Å². The number of thioether (sulfide) groups is 1. The molecule has 0 aliphatic heterocycles. The van der Waals surface area contributed by atoms with Crippen LogP contribution in [0, 0.1) is 0 Å². The van der Waals surface area contributed by atoms with Crippen LogP contribution in [0.15, 0.2) is 47.4 Å². The smallest absolute Gasteiger partial charge is 0.269 e. The predicted octanol–water partition coefficient (Wildman–Crippen LogP) is 4.22. The summed E-state index contributed by atoms with van der Waals surface area (Å²) in [7, 11) is 1.54. The first-order chi connectivity index (χ1) is 14.0. The molecule has 0 radical (unpaired) electrons. The van der Waals surface area contributed by atoms with Crippen molar-refractivity contribution in [2.45, 2.75) is 36.7 Å². The minimum absolute atomic E-state index is 0.166. The lowest BCUT2D eigenvalue weighted by atomic mass is 10.2. The number of rotatable bonds is 7. The highest BCUT2D eigenvalue weighted by Gasteiger charge is 2.19. The fourth-order valence-corrected chi connectivity index (χ4v) is 3.83.